The van der Waals surface area contributed by atoms with Crippen molar-refractivity contribution in [2.75, 3.05) is 12.4 Å². The summed E-state index contributed by atoms with van der Waals surface area (Å²) >= 11 is 0. The van der Waals surface area contributed by atoms with E-state index in [1.165, 1.54) is 25.3 Å². The number of hydrogen-bond acceptors (Lipinski definition) is 6. The van der Waals surface area contributed by atoms with Crippen molar-refractivity contribution in [3.63, 3.8) is 0 Å². The van der Waals surface area contributed by atoms with Crippen molar-refractivity contribution in [1.29, 1.82) is 0 Å². The molecule has 0 saturated heterocycles. The number of esters is 1. The van der Waals surface area contributed by atoms with Crippen LogP contribution in [0.2, 0.25) is 0 Å². The molecule has 2 N–H and O–H groups in total. The molecule has 0 unspecified atom stereocenters. The molecule has 1 fully saturated rings. The van der Waals surface area contributed by atoms with Crippen molar-refractivity contribution in [3.05, 3.63) is 40.2 Å². The predicted octanol–water partition coefficient (Wildman–Crippen LogP) is 1.87. The van der Waals surface area contributed by atoms with Gasteiger partial charge in [0.1, 0.15) is 5.58 Å². The zero-order valence-electron chi connectivity index (χ0n) is 14.4. The fourth-order valence-electron chi connectivity index (χ4n) is 3.24. The molecule has 0 aliphatic heterocycles. The second kappa shape index (κ2) is 5.98. The molecule has 2 atom stereocenters. The molecule has 2 aromatic rings. The number of carbonyl (C=O) groups is 3. The highest BCUT2D eigenvalue weighted by Gasteiger charge is 2.65. The molecular weight excluding hydrogens is 342 g/mol. The summed E-state index contributed by atoms with van der Waals surface area (Å²) in [6.07, 6.45) is 0. The number of benzene rings is 1. The summed E-state index contributed by atoms with van der Waals surface area (Å²) in [6, 6.07) is 5.40. The lowest BCUT2D eigenvalue weighted by atomic mass is 10.1. The standard InChI is InChI=1S/C18H17NO7/c1-18(2)13(14(18)16(22)23)15(21)19-8-4-5-11-9(6-8)10(20)7-12(26-11)17(24)25-3/h4-7,13-14H,1-3H3,(H,19,21)(H,22,23)/t13-,14-/m0/s1. The van der Waals surface area contributed by atoms with Crippen LogP contribution in [0, 0.1) is 17.3 Å². The largest absolute Gasteiger partial charge is 0.481 e. The van der Waals surface area contributed by atoms with E-state index in [2.05, 4.69) is 10.1 Å². The quantitative estimate of drug-likeness (QED) is 0.799. The lowest BCUT2D eigenvalue weighted by Crippen LogP contribution is -2.18. The van der Waals surface area contributed by atoms with Crippen LogP contribution >= 0.6 is 0 Å². The van der Waals surface area contributed by atoms with E-state index >= 15 is 0 Å². The van der Waals surface area contributed by atoms with Crippen LogP contribution in [0.3, 0.4) is 0 Å². The minimum Gasteiger partial charge on any atom is -0.481 e. The SMILES string of the molecule is COC(=O)c1cc(=O)c2cc(NC(=O)[C@@H]3[C@@H](C(=O)O)C3(C)C)ccc2o1. The van der Waals surface area contributed by atoms with Gasteiger partial charge in [-0.2, -0.15) is 0 Å². The van der Waals surface area contributed by atoms with E-state index in [-0.39, 0.29) is 16.7 Å². The van der Waals surface area contributed by atoms with Crippen LogP contribution in [-0.4, -0.2) is 30.1 Å². The number of nitrogens with one attached hydrogen (secondary N) is 1. The third-order valence-corrected chi connectivity index (χ3v) is 4.76. The molecule has 1 aliphatic carbocycles. The number of rotatable bonds is 4. The Balaban J connectivity index is 1.87. The molecule has 26 heavy (non-hydrogen) atoms. The van der Waals surface area contributed by atoms with Gasteiger partial charge in [-0.3, -0.25) is 14.4 Å². The molecule has 8 heteroatoms. The first kappa shape index (κ1) is 17.7. The van der Waals surface area contributed by atoms with E-state index in [1.807, 2.05) is 0 Å². The van der Waals surface area contributed by atoms with E-state index in [0.717, 1.165) is 6.07 Å². The van der Waals surface area contributed by atoms with Gasteiger partial charge in [-0.1, -0.05) is 13.8 Å². The van der Waals surface area contributed by atoms with Crippen molar-refractivity contribution in [3.8, 4) is 0 Å². The van der Waals surface area contributed by atoms with Gasteiger partial charge >= 0.3 is 11.9 Å². The van der Waals surface area contributed by atoms with Crippen LogP contribution in [0.5, 0.6) is 0 Å². The molecule has 3 rings (SSSR count). The summed E-state index contributed by atoms with van der Waals surface area (Å²) in [4.78, 5) is 47.3. The minimum atomic E-state index is -1.01. The smallest absolute Gasteiger partial charge is 0.374 e. The zero-order chi connectivity index (χ0) is 19.2. The molecule has 8 nitrogen and oxygen atoms in total. The summed E-state index contributed by atoms with van der Waals surface area (Å²) in [6.45, 7) is 3.44. The first-order chi connectivity index (χ1) is 12.2. The molecule has 0 bridgehead atoms. The number of carboxylic acids is 1. The molecule has 0 radical (unpaired) electrons. The van der Waals surface area contributed by atoms with E-state index in [0.29, 0.717) is 5.69 Å². The van der Waals surface area contributed by atoms with Gasteiger partial charge in [-0.25, -0.2) is 4.79 Å². The number of aliphatic carboxylic acids is 1. The summed E-state index contributed by atoms with van der Waals surface area (Å²) in [5.74, 6) is -3.80. The average molecular weight is 359 g/mol. The van der Waals surface area contributed by atoms with Crippen molar-refractivity contribution in [2.24, 2.45) is 17.3 Å². The van der Waals surface area contributed by atoms with Crippen molar-refractivity contribution >= 4 is 34.5 Å². The number of anilines is 1. The van der Waals surface area contributed by atoms with E-state index in [9.17, 15) is 24.3 Å². The number of fused-ring (bicyclic) bond motifs is 1. The molecule has 1 saturated carbocycles. The summed E-state index contributed by atoms with van der Waals surface area (Å²) in [5.41, 5.74) is -0.572. The van der Waals surface area contributed by atoms with Gasteiger partial charge in [0.05, 0.1) is 24.3 Å². The Kier molecular flexibility index (Phi) is 4.06. The molecule has 1 amide bonds. The Morgan fingerprint density at radius 1 is 1.19 bits per heavy atom. The fourth-order valence-corrected chi connectivity index (χ4v) is 3.24. The van der Waals surface area contributed by atoms with Gasteiger partial charge in [0.15, 0.2) is 5.43 Å². The molecule has 1 aromatic carbocycles. The van der Waals surface area contributed by atoms with Gasteiger partial charge < -0.3 is 19.6 Å². The molecule has 1 aromatic heterocycles. The Morgan fingerprint density at radius 2 is 1.88 bits per heavy atom. The molecule has 1 aliphatic rings. The Morgan fingerprint density at radius 3 is 2.46 bits per heavy atom. The van der Waals surface area contributed by atoms with E-state index in [4.69, 9.17) is 4.42 Å². The normalized spacial score (nSPS) is 20.4. The summed E-state index contributed by atoms with van der Waals surface area (Å²) < 4.78 is 9.85. The fraction of sp³-hybridized carbons (Fsp3) is 0.333. The first-order valence-electron chi connectivity index (χ1n) is 7.86. The minimum absolute atomic E-state index is 0.172. The third-order valence-electron chi connectivity index (χ3n) is 4.76. The predicted molar refractivity (Wildman–Crippen MR) is 90.9 cm³/mol. The number of hydrogen-bond donors (Lipinski definition) is 2. The van der Waals surface area contributed by atoms with Crippen LogP contribution in [0.25, 0.3) is 11.0 Å². The first-order valence-corrected chi connectivity index (χ1v) is 7.86. The number of methoxy groups -OCH3 is 1. The van der Waals surface area contributed by atoms with Crippen LogP contribution in [0.15, 0.2) is 33.5 Å². The summed E-state index contributed by atoms with van der Waals surface area (Å²) in [5, 5.41) is 12.0. The lowest BCUT2D eigenvalue weighted by molar-refractivity contribution is -0.140. The highest BCUT2D eigenvalue weighted by Crippen LogP contribution is 2.58. The highest BCUT2D eigenvalue weighted by atomic mass is 16.5. The van der Waals surface area contributed by atoms with Gasteiger partial charge in [-0.15, -0.1) is 0 Å². The van der Waals surface area contributed by atoms with Gasteiger partial charge in [0, 0.05) is 11.8 Å². The Hall–Kier alpha value is -3.16. The van der Waals surface area contributed by atoms with E-state index in [1.54, 1.807) is 13.8 Å². The van der Waals surface area contributed by atoms with Crippen LogP contribution in [0.4, 0.5) is 5.69 Å². The number of ether oxygens (including phenoxy) is 1. The summed E-state index contributed by atoms with van der Waals surface area (Å²) in [7, 11) is 1.18. The Labute approximate surface area is 147 Å². The topological polar surface area (TPSA) is 123 Å². The molecular formula is C18H17NO7. The van der Waals surface area contributed by atoms with Crippen LogP contribution < -0.4 is 10.7 Å². The molecule has 1 heterocycles. The maximum atomic E-state index is 12.4. The average Bonchev–Trinajstić information content (AvgIpc) is 3.17. The maximum absolute atomic E-state index is 12.4. The second-order valence-corrected chi connectivity index (χ2v) is 6.78. The van der Waals surface area contributed by atoms with Crippen LogP contribution in [0.1, 0.15) is 24.4 Å². The van der Waals surface area contributed by atoms with Crippen molar-refractivity contribution in [2.45, 2.75) is 13.8 Å². The zero-order valence-corrected chi connectivity index (χ0v) is 14.4. The Bertz CT molecular complexity index is 989. The third kappa shape index (κ3) is 2.83. The van der Waals surface area contributed by atoms with Gasteiger partial charge in [-0.05, 0) is 23.6 Å². The van der Waals surface area contributed by atoms with Crippen molar-refractivity contribution < 1.29 is 28.6 Å². The number of amides is 1. The monoisotopic (exact) mass is 359 g/mol. The van der Waals surface area contributed by atoms with Crippen LogP contribution in [-0.2, 0) is 14.3 Å². The highest BCUT2D eigenvalue weighted by molar-refractivity contribution is 6.00. The molecule has 136 valence electrons. The lowest BCUT2D eigenvalue weighted by Gasteiger charge is -2.07. The van der Waals surface area contributed by atoms with Crippen molar-refractivity contribution in [1.82, 2.24) is 0 Å². The molecule has 0 spiro atoms. The number of carboxylic acid groups (broad SMARTS) is 1. The second-order valence-electron chi connectivity index (χ2n) is 6.78. The van der Waals surface area contributed by atoms with Gasteiger partial charge in [0.25, 0.3) is 0 Å². The maximum Gasteiger partial charge on any atom is 0.374 e. The number of carbonyl (C=O) groups excluding carboxylic acids is 2. The van der Waals surface area contributed by atoms with Gasteiger partial charge in [0.2, 0.25) is 11.7 Å². The van der Waals surface area contributed by atoms with E-state index < -0.39 is 40.5 Å².